The molecule has 19 heavy (non-hydrogen) atoms. The molecular formula is C17H28N2. The summed E-state index contributed by atoms with van der Waals surface area (Å²) in [6.07, 6.45) is 5.57. The molecule has 0 spiro atoms. The molecule has 2 heteroatoms. The van der Waals surface area contributed by atoms with Gasteiger partial charge in [-0.05, 0) is 44.8 Å². The van der Waals surface area contributed by atoms with E-state index in [0.29, 0.717) is 5.41 Å². The quantitative estimate of drug-likeness (QED) is 0.845. The van der Waals surface area contributed by atoms with Gasteiger partial charge in [-0.1, -0.05) is 42.7 Å². The van der Waals surface area contributed by atoms with Crippen molar-refractivity contribution < 1.29 is 0 Å². The van der Waals surface area contributed by atoms with Gasteiger partial charge in [0.15, 0.2) is 0 Å². The summed E-state index contributed by atoms with van der Waals surface area (Å²) in [4.78, 5) is 2.49. The Labute approximate surface area is 118 Å². The topological polar surface area (TPSA) is 15.3 Å². The predicted octanol–water partition coefficient (Wildman–Crippen LogP) is 3.21. The molecule has 0 aromatic heterocycles. The number of hydrogen-bond donors (Lipinski definition) is 1. The highest BCUT2D eigenvalue weighted by molar-refractivity contribution is 5.21. The Morgan fingerprint density at radius 3 is 2.37 bits per heavy atom. The van der Waals surface area contributed by atoms with E-state index in [4.69, 9.17) is 0 Å². The molecule has 1 aromatic rings. The third-order valence-corrected chi connectivity index (χ3v) is 4.39. The lowest BCUT2D eigenvalue weighted by Crippen LogP contribution is -2.40. The number of hydrogen-bond acceptors (Lipinski definition) is 2. The van der Waals surface area contributed by atoms with Gasteiger partial charge >= 0.3 is 0 Å². The lowest BCUT2D eigenvalue weighted by molar-refractivity contribution is 0.170. The average Bonchev–Trinajstić information content (AvgIpc) is 2.81. The maximum atomic E-state index is 3.40. The van der Waals surface area contributed by atoms with Crippen LogP contribution in [0.1, 0.15) is 36.8 Å². The van der Waals surface area contributed by atoms with Crippen molar-refractivity contribution in [3.63, 3.8) is 0 Å². The fraction of sp³-hybridized carbons (Fsp3) is 0.647. The first-order chi connectivity index (χ1) is 9.13. The first-order valence-corrected chi connectivity index (χ1v) is 7.52. The van der Waals surface area contributed by atoms with Crippen LogP contribution in [0.3, 0.4) is 0 Å². The number of rotatable bonds is 6. The van der Waals surface area contributed by atoms with Gasteiger partial charge in [0, 0.05) is 19.6 Å². The van der Waals surface area contributed by atoms with Crippen LogP contribution in [0, 0.1) is 12.3 Å². The highest BCUT2D eigenvalue weighted by Crippen LogP contribution is 2.38. The van der Waals surface area contributed by atoms with E-state index in [0.717, 1.165) is 13.1 Å². The summed E-state index contributed by atoms with van der Waals surface area (Å²) in [6.45, 7) is 5.58. The van der Waals surface area contributed by atoms with Gasteiger partial charge in [-0.2, -0.15) is 0 Å². The van der Waals surface area contributed by atoms with Gasteiger partial charge in [0.2, 0.25) is 0 Å². The van der Waals surface area contributed by atoms with Crippen LogP contribution in [0.4, 0.5) is 0 Å². The lowest BCUT2D eigenvalue weighted by atomic mass is 9.85. The van der Waals surface area contributed by atoms with Crippen LogP contribution < -0.4 is 5.32 Å². The molecular weight excluding hydrogens is 232 g/mol. The molecule has 0 heterocycles. The van der Waals surface area contributed by atoms with Crippen LogP contribution in [-0.4, -0.2) is 32.1 Å². The first kappa shape index (κ1) is 14.5. The molecule has 1 aromatic carbocycles. The Kier molecular flexibility index (Phi) is 5.00. The van der Waals surface area contributed by atoms with E-state index in [1.807, 2.05) is 0 Å². The van der Waals surface area contributed by atoms with E-state index in [-0.39, 0.29) is 0 Å². The van der Waals surface area contributed by atoms with Gasteiger partial charge in [0.05, 0.1) is 0 Å². The Morgan fingerprint density at radius 1 is 1.16 bits per heavy atom. The van der Waals surface area contributed by atoms with Crippen molar-refractivity contribution in [3.8, 4) is 0 Å². The molecule has 0 atom stereocenters. The van der Waals surface area contributed by atoms with Crippen LogP contribution >= 0.6 is 0 Å². The Hall–Kier alpha value is -0.860. The highest BCUT2D eigenvalue weighted by Gasteiger charge is 2.34. The zero-order valence-electron chi connectivity index (χ0n) is 12.7. The molecule has 1 aliphatic rings. The Bertz CT molecular complexity index is 377. The van der Waals surface area contributed by atoms with Gasteiger partial charge in [0.1, 0.15) is 0 Å². The van der Waals surface area contributed by atoms with Gasteiger partial charge in [-0.25, -0.2) is 0 Å². The summed E-state index contributed by atoms with van der Waals surface area (Å²) < 4.78 is 0. The monoisotopic (exact) mass is 260 g/mol. The first-order valence-electron chi connectivity index (χ1n) is 7.52. The zero-order valence-corrected chi connectivity index (χ0v) is 12.7. The highest BCUT2D eigenvalue weighted by atomic mass is 15.1. The number of benzene rings is 1. The summed E-state index contributed by atoms with van der Waals surface area (Å²) in [7, 11) is 4.34. The Morgan fingerprint density at radius 2 is 1.79 bits per heavy atom. The second-order valence-electron chi connectivity index (χ2n) is 6.40. The van der Waals surface area contributed by atoms with Crippen molar-refractivity contribution >= 4 is 0 Å². The third-order valence-electron chi connectivity index (χ3n) is 4.39. The summed E-state index contributed by atoms with van der Waals surface area (Å²) in [6, 6.07) is 8.93. The molecule has 1 saturated carbocycles. The standard InChI is InChI=1S/C17H28N2/c1-15-6-8-16(9-7-15)12-19(3)14-17(13-18-2)10-4-5-11-17/h6-9,18H,4-5,10-14H2,1-3H3. The molecule has 2 rings (SSSR count). The largest absolute Gasteiger partial charge is 0.319 e. The zero-order chi connectivity index (χ0) is 13.7. The summed E-state index contributed by atoms with van der Waals surface area (Å²) in [5.41, 5.74) is 3.27. The minimum Gasteiger partial charge on any atom is -0.319 e. The summed E-state index contributed by atoms with van der Waals surface area (Å²) >= 11 is 0. The second-order valence-corrected chi connectivity index (χ2v) is 6.40. The van der Waals surface area contributed by atoms with Gasteiger partial charge in [0.25, 0.3) is 0 Å². The molecule has 106 valence electrons. The SMILES string of the molecule is CNCC1(CN(C)Cc2ccc(C)cc2)CCCC1. The van der Waals surface area contributed by atoms with Crippen molar-refractivity contribution in [2.45, 2.75) is 39.2 Å². The predicted molar refractivity (Wildman–Crippen MR) is 82.3 cm³/mol. The van der Waals surface area contributed by atoms with E-state index in [2.05, 4.69) is 55.5 Å². The third kappa shape index (κ3) is 4.05. The molecule has 0 radical (unpaired) electrons. The maximum absolute atomic E-state index is 3.40. The van der Waals surface area contributed by atoms with E-state index in [9.17, 15) is 0 Å². The van der Waals surface area contributed by atoms with Crippen molar-refractivity contribution in [2.24, 2.45) is 5.41 Å². The number of aryl methyl sites for hydroxylation is 1. The van der Waals surface area contributed by atoms with Gasteiger partial charge in [-0.3, -0.25) is 0 Å². The molecule has 2 nitrogen and oxygen atoms in total. The van der Waals surface area contributed by atoms with Crippen molar-refractivity contribution in [2.75, 3.05) is 27.2 Å². The van der Waals surface area contributed by atoms with E-state index in [1.54, 1.807) is 0 Å². The van der Waals surface area contributed by atoms with Crippen molar-refractivity contribution in [1.29, 1.82) is 0 Å². The average molecular weight is 260 g/mol. The molecule has 0 amide bonds. The number of nitrogens with zero attached hydrogens (tertiary/aromatic N) is 1. The minimum atomic E-state index is 0.508. The molecule has 0 bridgehead atoms. The fourth-order valence-corrected chi connectivity index (χ4v) is 3.52. The molecule has 1 aliphatic carbocycles. The molecule has 1 N–H and O–H groups in total. The summed E-state index contributed by atoms with van der Waals surface area (Å²) in [5, 5.41) is 3.40. The lowest BCUT2D eigenvalue weighted by Gasteiger charge is -2.33. The van der Waals surface area contributed by atoms with Crippen LogP contribution in [0.2, 0.25) is 0 Å². The smallest absolute Gasteiger partial charge is 0.0230 e. The fourth-order valence-electron chi connectivity index (χ4n) is 3.52. The second kappa shape index (κ2) is 6.53. The van der Waals surface area contributed by atoms with Gasteiger partial charge < -0.3 is 10.2 Å². The Balaban J connectivity index is 1.92. The molecule has 0 unspecified atom stereocenters. The molecule has 0 aliphatic heterocycles. The number of nitrogens with one attached hydrogen (secondary N) is 1. The normalized spacial score (nSPS) is 18.1. The molecule has 0 saturated heterocycles. The van der Waals surface area contributed by atoms with E-state index >= 15 is 0 Å². The minimum absolute atomic E-state index is 0.508. The van der Waals surface area contributed by atoms with Crippen LogP contribution in [0.5, 0.6) is 0 Å². The van der Waals surface area contributed by atoms with E-state index < -0.39 is 0 Å². The summed E-state index contributed by atoms with van der Waals surface area (Å²) in [5.74, 6) is 0. The van der Waals surface area contributed by atoms with Crippen molar-refractivity contribution in [3.05, 3.63) is 35.4 Å². The van der Waals surface area contributed by atoms with Crippen LogP contribution in [-0.2, 0) is 6.54 Å². The van der Waals surface area contributed by atoms with E-state index in [1.165, 1.54) is 43.4 Å². The van der Waals surface area contributed by atoms with Gasteiger partial charge in [-0.15, -0.1) is 0 Å². The van der Waals surface area contributed by atoms with Crippen LogP contribution in [0.15, 0.2) is 24.3 Å². The maximum Gasteiger partial charge on any atom is 0.0230 e. The van der Waals surface area contributed by atoms with Crippen LogP contribution in [0.25, 0.3) is 0 Å². The molecule has 1 fully saturated rings. The van der Waals surface area contributed by atoms with Crippen molar-refractivity contribution in [1.82, 2.24) is 10.2 Å².